The van der Waals surface area contributed by atoms with Crippen LogP contribution in [0.2, 0.25) is 5.02 Å². The first-order valence-corrected chi connectivity index (χ1v) is 13.3. The number of carbonyl (C=O) groups is 2. The highest BCUT2D eigenvalue weighted by atomic mass is 35.5. The normalized spacial score (nSPS) is 20.5. The second-order valence-electron chi connectivity index (χ2n) is 10.4. The van der Waals surface area contributed by atoms with Gasteiger partial charge in [-0.05, 0) is 74.9 Å². The maximum absolute atomic E-state index is 13.1. The van der Waals surface area contributed by atoms with Crippen LogP contribution in [0.25, 0.3) is 0 Å². The van der Waals surface area contributed by atoms with E-state index in [4.69, 9.17) is 11.6 Å². The molecule has 2 atom stereocenters. The largest absolute Gasteiger partial charge is 0.465 e. The van der Waals surface area contributed by atoms with Crippen LogP contribution < -0.4 is 4.90 Å². The minimum atomic E-state index is -0.969. The molecule has 1 saturated carbocycles. The second-order valence-corrected chi connectivity index (χ2v) is 10.8. The maximum Gasteiger partial charge on any atom is 0.411 e. The van der Waals surface area contributed by atoms with Crippen LogP contribution in [-0.4, -0.2) is 71.2 Å². The molecule has 1 aromatic heterocycles. The number of fused-ring (bicyclic) bond motifs is 1. The van der Waals surface area contributed by atoms with E-state index in [1.54, 1.807) is 18.3 Å². The number of carbonyl (C=O) groups excluding carboxylic acids is 1. The molecular weight excluding hydrogens is 476 g/mol. The van der Waals surface area contributed by atoms with E-state index in [-0.39, 0.29) is 5.91 Å². The van der Waals surface area contributed by atoms with Crippen molar-refractivity contribution in [1.82, 2.24) is 14.8 Å². The summed E-state index contributed by atoms with van der Waals surface area (Å²) in [6, 6.07) is 7.25. The molecule has 36 heavy (non-hydrogen) atoms. The molecule has 5 rings (SSSR count). The maximum atomic E-state index is 13.1. The molecule has 1 aliphatic carbocycles. The van der Waals surface area contributed by atoms with Crippen LogP contribution in [0.5, 0.6) is 0 Å². The third-order valence-corrected chi connectivity index (χ3v) is 7.73. The van der Waals surface area contributed by atoms with Gasteiger partial charge in [0, 0.05) is 49.6 Å². The number of rotatable bonds is 6. The number of aromatic nitrogens is 1. The Bertz CT molecular complexity index is 1070. The van der Waals surface area contributed by atoms with Gasteiger partial charge in [0.2, 0.25) is 0 Å². The average Bonchev–Trinajstić information content (AvgIpc) is 3.58. The molecule has 0 radical (unpaired) electrons. The van der Waals surface area contributed by atoms with Gasteiger partial charge >= 0.3 is 6.09 Å². The number of aryl methyl sites for hydroxylation is 3. The number of anilines is 1. The molecule has 3 heterocycles. The van der Waals surface area contributed by atoms with E-state index in [1.807, 2.05) is 37.8 Å². The van der Waals surface area contributed by atoms with Crippen molar-refractivity contribution in [2.24, 2.45) is 11.8 Å². The summed E-state index contributed by atoms with van der Waals surface area (Å²) < 4.78 is 0. The van der Waals surface area contributed by atoms with E-state index in [0.717, 1.165) is 61.5 Å². The Morgan fingerprint density at radius 3 is 2.25 bits per heavy atom. The van der Waals surface area contributed by atoms with Crippen molar-refractivity contribution < 1.29 is 14.7 Å². The van der Waals surface area contributed by atoms with Crippen LogP contribution in [0.1, 0.15) is 52.9 Å². The second kappa shape index (κ2) is 11.6. The SMILES string of the molecule is C1CC1.Cc1ccc(N(CCCN2CC3CN(C(=O)c4c(C)ccnc4C)CC3C2)C(=O)O)cc1Cl. The zero-order valence-corrected chi connectivity index (χ0v) is 22.3. The smallest absolute Gasteiger partial charge is 0.411 e. The monoisotopic (exact) mass is 512 g/mol. The van der Waals surface area contributed by atoms with Gasteiger partial charge in [-0.2, -0.15) is 0 Å². The van der Waals surface area contributed by atoms with Crippen molar-refractivity contribution in [2.45, 2.75) is 46.5 Å². The third-order valence-electron chi connectivity index (χ3n) is 7.32. The van der Waals surface area contributed by atoms with E-state index in [1.165, 1.54) is 24.2 Å². The lowest BCUT2D eigenvalue weighted by atomic mass is 10.0. The Morgan fingerprint density at radius 2 is 1.69 bits per heavy atom. The number of halogens is 1. The molecule has 1 N–H and O–H groups in total. The highest BCUT2D eigenvalue weighted by molar-refractivity contribution is 6.31. The first-order chi connectivity index (χ1) is 17.2. The molecule has 2 amide bonds. The van der Waals surface area contributed by atoms with Crippen LogP contribution in [-0.2, 0) is 0 Å². The first-order valence-electron chi connectivity index (χ1n) is 12.9. The van der Waals surface area contributed by atoms with Gasteiger partial charge in [0.15, 0.2) is 0 Å². The fourth-order valence-electron chi connectivity index (χ4n) is 5.15. The van der Waals surface area contributed by atoms with Crippen molar-refractivity contribution >= 4 is 29.3 Å². The predicted molar refractivity (Wildman–Crippen MR) is 143 cm³/mol. The molecule has 0 bridgehead atoms. The van der Waals surface area contributed by atoms with Gasteiger partial charge in [-0.25, -0.2) is 4.79 Å². The van der Waals surface area contributed by atoms with Gasteiger partial charge in [-0.15, -0.1) is 0 Å². The van der Waals surface area contributed by atoms with Crippen molar-refractivity contribution in [3.05, 3.63) is 57.9 Å². The number of pyridine rings is 1. The Labute approximate surface area is 219 Å². The number of nitrogens with zero attached hydrogens (tertiary/aromatic N) is 4. The van der Waals surface area contributed by atoms with Crippen LogP contribution in [0, 0.1) is 32.6 Å². The lowest BCUT2D eigenvalue weighted by Crippen LogP contribution is -2.36. The van der Waals surface area contributed by atoms with E-state index in [9.17, 15) is 14.7 Å². The molecular formula is C28H37ClN4O3. The Hall–Kier alpha value is -2.64. The third kappa shape index (κ3) is 6.37. The fourth-order valence-corrected chi connectivity index (χ4v) is 5.33. The number of likely N-dealkylation sites (tertiary alicyclic amines) is 2. The van der Waals surface area contributed by atoms with Gasteiger partial charge in [0.05, 0.1) is 11.3 Å². The highest BCUT2D eigenvalue weighted by Crippen LogP contribution is 2.32. The molecule has 2 aromatic rings. The molecule has 8 heteroatoms. The topological polar surface area (TPSA) is 77.0 Å². The molecule has 3 aliphatic rings. The zero-order valence-electron chi connectivity index (χ0n) is 21.5. The number of hydrogen-bond donors (Lipinski definition) is 1. The summed E-state index contributed by atoms with van der Waals surface area (Å²) >= 11 is 6.19. The van der Waals surface area contributed by atoms with Gasteiger partial charge in [-0.1, -0.05) is 36.9 Å². The van der Waals surface area contributed by atoms with Crippen molar-refractivity contribution in [3.8, 4) is 0 Å². The Kier molecular flexibility index (Phi) is 8.52. The quantitative estimate of drug-likeness (QED) is 0.560. The number of benzene rings is 1. The summed E-state index contributed by atoms with van der Waals surface area (Å²) in [6.45, 7) is 10.5. The molecule has 3 fully saturated rings. The van der Waals surface area contributed by atoms with E-state index < -0.39 is 6.09 Å². The van der Waals surface area contributed by atoms with Gasteiger partial charge in [0.25, 0.3) is 5.91 Å². The minimum Gasteiger partial charge on any atom is -0.465 e. The number of carboxylic acid groups (broad SMARTS) is 1. The van der Waals surface area contributed by atoms with Gasteiger partial charge in [0.1, 0.15) is 0 Å². The molecule has 7 nitrogen and oxygen atoms in total. The molecule has 0 spiro atoms. The summed E-state index contributed by atoms with van der Waals surface area (Å²) in [5, 5.41) is 10.2. The zero-order chi connectivity index (χ0) is 25.8. The Balaban J connectivity index is 0.000000943. The number of amides is 2. The molecule has 1 aromatic carbocycles. The summed E-state index contributed by atoms with van der Waals surface area (Å²) in [5.41, 5.74) is 4.03. The summed E-state index contributed by atoms with van der Waals surface area (Å²) in [6.07, 6.45) is 6.02. The van der Waals surface area contributed by atoms with E-state index in [0.29, 0.717) is 29.1 Å². The van der Waals surface area contributed by atoms with Crippen molar-refractivity contribution in [1.29, 1.82) is 0 Å². The summed E-state index contributed by atoms with van der Waals surface area (Å²) in [5.74, 6) is 1.03. The standard InChI is InChI=1S/C25H31ClN4O3.C3H6/c1-16-5-6-21(11-22(16)26)30(25(32)33)10-4-9-28-12-19-14-29(15-20(19)13-28)24(31)23-17(2)7-8-27-18(23)3;1-2-3-1/h5-8,11,19-20H,4,9-10,12-15H2,1-3H3,(H,32,33);1-3H2. The molecule has 2 unspecified atom stereocenters. The summed E-state index contributed by atoms with van der Waals surface area (Å²) in [7, 11) is 0. The fraction of sp³-hybridized carbons (Fsp3) is 0.536. The van der Waals surface area contributed by atoms with Crippen molar-refractivity contribution in [2.75, 3.05) is 44.2 Å². The van der Waals surface area contributed by atoms with E-state index in [2.05, 4.69) is 9.88 Å². The summed E-state index contributed by atoms with van der Waals surface area (Å²) in [4.78, 5) is 34.9. The van der Waals surface area contributed by atoms with Crippen molar-refractivity contribution in [3.63, 3.8) is 0 Å². The molecule has 2 aliphatic heterocycles. The molecule has 194 valence electrons. The lowest BCUT2D eigenvalue weighted by Gasteiger charge is -2.24. The average molecular weight is 513 g/mol. The lowest BCUT2D eigenvalue weighted by molar-refractivity contribution is 0.0772. The first kappa shape index (κ1) is 26.4. The number of hydrogen-bond acceptors (Lipinski definition) is 4. The van der Waals surface area contributed by atoms with E-state index >= 15 is 0 Å². The van der Waals surface area contributed by atoms with Gasteiger partial charge < -0.3 is 14.9 Å². The molecule has 2 saturated heterocycles. The van der Waals surface area contributed by atoms with Gasteiger partial charge in [-0.3, -0.25) is 14.7 Å². The predicted octanol–water partition coefficient (Wildman–Crippen LogP) is 5.41. The van der Waals surface area contributed by atoms with Crippen LogP contribution in [0.4, 0.5) is 10.5 Å². The Morgan fingerprint density at radius 1 is 1.03 bits per heavy atom. The van der Waals surface area contributed by atoms with Crippen LogP contribution in [0.3, 0.4) is 0 Å². The van der Waals surface area contributed by atoms with Crippen LogP contribution in [0.15, 0.2) is 30.5 Å². The highest BCUT2D eigenvalue weighted by Gasteiger charge is 2.41. The minimum absolute atomic E-state index is 0.0907. The van der Waals surface area contributed by atoms with Crippen LogP contribution >= 0.6 is 11.6 Å².